The third-order valence-electron chi connectivity index (χ3n) is 3.91. The maximum Gasteiger partial charge on any atom is 0.417 e. The second-order valence-corrected chi connectivity index (χ2v) is 5.44. The summed E-state index contributed by atoms with van der Waals surface area (Å²) in [7, 11) is 4.50. The van der Waals surface area contributed by atoms with Gasteiger partial charge in [-0.05, 0) is 24.3 Å². The van der Waals surface area contributed by atoms with Crippen LogP contribution in [0.5, 0.6) is 0 Å². The lowest BCUT2D eigenvalue weighted by atomic mass is 10.1. The molecule has 1 heterocycles. The van der Waals surface area contributed by atoms with Crippen LogP contribution in [-0.4, -0.2) is 54.6 Å². The second kappa shape index (κ2) is 6.50. The molecule has 1 aliphatic rings. The number of amidine groups is 1. The van der Waals surface area contributed by atoms with Crippen molar-refractivity contribution in [3.63, 3.8) is 0 Å². The minimum Gasteiger partial charge on any atom is -0.316 e. The summed E-state index contributed by atoms with van der Waals surface area (Å²) in [6, 6.07) is 8.26. The SMILES string of the molecule is CC(=O)N(C)c1ccc([NH+]=C2C(C#N)C(=O)N(C)C(=O)N2C)cc1. The molecule has 0 radical (unpaired) electrons. The standard InChI is InChI=1S/C16H17N5O3/c1-10(22)19(2)12-7-5-11(6-8-12)18-14-13(9-17)15(23)21(4)16(24)20(14)3/h5-8,13H,1-4H3/p+1. The molecule has 1 atom stereocenters. The lowest BCUT2D eigenvalue weighted by Gasteiger charge is -2.26. The van der Waals surface area contributed by atoms with E-state index in [1.807, 2.05) is 6.07 Å². The van der Waals surface area contributed by atoms with E-state index in [1.54, 1.807) is 31.3 Å². The number of rotatable bonds is 2. The fourth-order valence-corrected chi connectivity index (χ4v) is 2.30. The molecule has 1 aromatic rings. The highest BCUT2D eigenvalue weighted by Gasteiger charge is 2.46. The summed E-state index contributed by atoms with van der Waals surface area (Å²) in [5.41, 5.74) is 1.31. The van der Waals surface area contributed by atoms with Crippen LogP contribution < -0.4 is 9.89 Å². The smallest absolute Gasteiger partial charge is 0.316 e. The average Bonchev–Trinajstić information content (AvgIpc) is 2.58. The van der Waals surface area contributed by atoms with Gasteiger partial charge in [-0.2, -0.15) is 10.2 Å². The van der Waals surface area contributed by atoms with Gasteiger partial charge in [-0.15, -0.1) is 0 Å². The molecule has 8 heteroatoms. The van der Waals surface area contributed by atoms with Crippen molar-refractivity contribution >= 4 is 35.1 Å². The van der Waals surface area contributed by atoms with Crippen LogP contribution in [0.4, 0.5) is 16.2 Å². The molecular weight excluding hydrogens is 310 g/mol. The number of nitrogens with one attached hydrogen (secondary N) is 1. The average molecular weight is 328 g/mol. The van der Waals surface area contributed by atoms with Gasteiger partial charge < -0.3 is 4.90 Å². The van der Waals surface area contributed by atoms with Crippen molar-refractivity contribution < 1.29 is 19.4 Å². The predicted molar refractivity (Wildman–Crippen MR) is 86.2 cm³/mol. The van der Waals surface area contributed by atoms with Crippen LogP contribution in [0.1, 0.15) is 6.92 Å². The van der Waals surface area contributed by atoms with Crippen molar-refractivity contribution in [1.82, 2.24) is 9.80 Å². The molecule has 0 spiro atoms. The minimum atomic E-state index is -1.09. The molecule has 1 aliphatic heterocycles. The number of amides is 4. The Balaban J connectivity index is 2.38. The summed E-state index contributed by atoms with van der Waals surface area (Å²) in [4.78, 5) is 42.1. The second-order valence-electron chi connectivity index (χ2n) is 5.44. The van der Waals surface area contributed by atoms with Crippen LogP contribution in [-0.2, 0) is 9.59 Å². The van der Waals surface area contributed by atoms with Crippen molar-refractivity contribution in [2.45, 2.75) is 6.92 Å². The van der Waals surface area contributed by atoms with Crippen molar-refractivity contribution in [1.29, 1.82) is 5.26 Å². The van der Waals surface area contributed by atoms with Gasteiger partial charge in [-0.3, -0.25) is 9.59 Å². The third-order valence-corrected chi connectivity index (χ3v) is 3.91. The largest absolute Gasteiger partial charge is 0.417 e. The first-order valence-electron chi connectivity index (χ1n) is 7.21. The molecule has 0 aliphatic carbocycles. The first kappa shape index (κ1) is 17.1. The molecule has 1 aromatic carbocycles. The van der Waals surface area contributed by atoms with Gasteiger partial charge in [0.2, 0.25) is 11.8 Å². The number of benzene rings is 1. The molecule has 1 saturated heterocycles. The zero-order valence-corrected chi connectivity index (χ0v) is 13.9. The maximum absolute atomic E-state index is 12.1. The van der Waals surface area contributed by atoms with E-state index >= 15 is 0 Å². The molecule has 1 fully saturated rings. The number of carbonyl (C=O) groups is 3. The van der Waals surface area contributed by atoms with Crippen LogP contribution in [0, 0.1) is 17.2 Å². The van der Waals surface area contributed by atoms with Crippen LogP contribution in [0.3, 0.4) is 0 Å². The summed E-state index contributed by atoms with van der Waals surface area (Å²) >= 11 is 0. The van der Waals surface area contributed by atoms with Crippen LogP contribution >= 0.6 is 0 Å². The Kier molecular flexibility index (Phi) is 4.64. The van der Waals surface area contributed by atoms with Gasteiger partial charge >= 0.3 is 6.03 Å². The lowest BCUT2D eigenvalue weighted by Crippen LogP contribution is -2.76. The number of nitriles is 1. The van der Waals surface area contributed by atoms with E-state index in [0.29, 0.717) is 11.4 Å². The summed E-state index contributed by atoms with van der Waals surface area (Å²) in [6.45, 7) is 1.46. The number of urea groups is 1. The molecule has 8 nitrogen and oxygen atoms in total. The van der Waals surface area contributed by atoms with E-state index in [0.717, 1.165) is 4.90 Å². The fraction of sp³-hybridized carbons (Fsp3) is 0.312. The first-order chi connectivity index (χ1) is 11.3. The van der Waals surface area contributed by atoms with Crippen LogP contribution in [0.2, 0.25) is 0 Å². The van der Waals surface area contributed by atoms with E-state index in [-0.39, 0.29) is 11.7 Å². The van der Waals surface area contributed by atoms with Gasteiger partial charge in [0, 0.05) is 26.7 Å². The minimum absolute atomic E-state index is 0.0964. The van der Waals surface area contributed by atoms with Crippen LogP contribution in [0.15, 0.2) is 24.3 Å². The normalized spacial score (nSPS) is 19.5. The van der Waals surface area contributed by atoms with Crippen LogP contribution in [0.25, 0.3) is 0 Å². The Morgan fingerprint density at radius 1 is 1.21 bits per heavy atom. The molecule has 124 valence electrons. The van der Waals surface area contributed by atoms with Gasteiger partial charge in [-0.1, -0.05) is 0 Å². The maximum atomic E-state index is 12.1. The van der Waals surface area contributed by atoms with Gasteiger partial charge in [-0.25, -0.2) is 14.7 Å². The number of nitrogens with zero attached hydrogens (tertiary/aromatic N) is 4. The summed E-state index contributed by atoms with van der Waals surface area (Å²) in [6.07, 6.45) is 0. The Labute approximate surface area is 139 Å². The molecule has 0 bridgehead atoms. The highest BCUT2D eigenvalue weighted by atomic mass is 16.2. The zero-order chi connectivity index (χ0) is 18.0. The molecule has 2 rings (SSSR count). The first-order valence-corrected chi connectivity index (χ1v) is 7.21. The Hall–Kier alpha value is -3.21. The highest BCUT2D eigenvalue weighted by Crippen LogP contribution is 2.16. The topological polar surface area (TPSA) is 98.7 Å². The number of anilines is 1. The monoisotopic (exact) mass is 328 g/mol. The molecule has 4 amide bonds. The number of carbonyl (C=O) groups excluding carboxylic acids is 3. The number of hydrogen-bond acceptors (Lipinski definition) is 4. The van der Waals surface area contributed by atoms with E-state index in [2.05, 4.69) is 4.99 Å². The van der Waals surface area contributed by atoms with Crippen molar-refractivity contribution in [2.24, 2.45) is 5.92 Å². The Morgan fingerprint density at radius 3 is 2.29 bits per heavy atom. The lowest BCUT2D eigenvalue weighted by molar-refractivity contribution is -0.363. The number of hydrogen-bond donors (Lipinski definition) is 1. The Bertz CT molecular complexity index is 763. The fourth-order valence-electron chi connectivity index (χ4n) is 2.30. The van der Waals surface area contributed by atoms with Crippen molar-refractivity contribution in [2.75, 3.05) is 26.0 Å². The predicted octanol–water partition coefficient (Wildman–Crippen LogP) is -0.557. The van der Waals surface area contributed by atoms with Gasteiger partial charge in [0.15, 0.2) is 0 Å². The van der Waals surface area contributed by atoms with Crippen molar-refractivity contribution in [3.8, 4) is 6.07 Å². The number of imide groups is 1. The molecule has 1 unspecified atom stereocenters. The Morgan fingerprint density at radius 2 is 1.79 bits per heavy atom. The summed E-state index contributed by atoms with van der Waals surface area (Å²) in [5.74, 6) is -1.55. The third kappa shape index (κ3) is 2.96. The van der Waals surface area contributed by atoms with Gasteiger partial charge in [0.05, 0.1) is 13.1 Å². The van der Waals surface area contributed by atoms with Gasteiger partial charge in [0.1, 0.15) is 5.69 Å². The van der Waals surface area contributed by atoms with E-state index < -0.39 is 17.9 Å². The molecular formula is C16H18N5O3+. The summed E-state index contributed by atoms with van der Waals surface area (Å²) < 4.78 is 0. The van der Waals surface area contributed by atoms with Crippen molar-refractivity contribution in [3.05, 3.63) is 24.3 Å². The molecule has 0 saturated carbocycles. The quantitative estimate of drug-likeness (QED) is 0.787. The zero-order valence-electron chi connectivity index (χ0n) is 13.9. The van der Waals surface area contributed by atoms with Gasteiger partial charge in [0.25, 0.3) is 11.7 Å². The molecule has 0 aromatic heterocycles. The molecule has 1 N–H and O–H groups in total. The van der Waals surface area contributed by atoms with E-state index in [1.165, 1.54) is 30.8 Å². The molecule has 24 heavy (non-hydrogen) atoms. The van der Waals surface area contributed by atoms with E-state index in [4.69, 9.17) is 0 Å². The summed E-state index contributed by atoms with van der Waals surface area (Å²) in [5, 5.41) is 9.27. The highest BCUT2D eigenvalue weighted by molar-refractivity contribution is 6.17. The van der Waals surface area contributed by atoms with E-state index in [9.17, 15) is 19.6 Å².